The first-order valence-electron chi connectivity index (χ1n) is 9.97. The number of fused-ring (bicyclic) bond motifs is 1. The lowest BCUT2D eigenvalue weighted by atomic mass is 9.92. The Balaban J connectivity index is 1.82. The monoisotopic (exact) mass is 366 g/mol. The van der Waals surface area contributed by atoms with Crippen molar-refractivity contribution >= 4 is 22.8 Å². The highest BCUT2D eigenvalue weighted by molar-refractivity contribution is 6.04. The van der Waals surface area contributed by atoms with Crippen LogP contribution in [0.25, 0.3) is 16.8 Å². The number of carbonyl (C=O) groups excluding carboxylic acids is 1. The maximum absolute atomic E-state index is 12.2. The highest BCUT2D eigenvalue weighted by Gasteiger charge is 2.35. The topological polar surface area (TPSA) is 50.4 Å². The van der Waals surface area contributed by atoms with Crippen molar-refractivity contribution in [1.82, 2.24) is 10.9 Å². The minimum absolute atomic E-state index is 0.0727. The molecule has 2 aromatic rings. The van der Waals surface area contributed by atoms with Crippen molar-refractivity contribution in [2.45, 2.75) is 58.4 Å². The summed E-state index contributed by atoms with van der Waals surface area (Å²) >= 11 is 0. The molecule has 1 fully saturated rings. The van der Waals surface area contributed by atoms with Gasteiger partial charge in [-0.15, -0.1) is 0 Å². The van der Waals surface area contributed by atoms with Crippen molar-refractivity contribution in [1.29, 1.82) is 0 Å². The van der Waals surface area contributed by atoms with E-state index in [0.29, 0.717) is 0 Å². The van der Waals surface area contributed by atoms with Crippen LogP contribution < -0.4 is 15.6 Å². The number of rotatable bonds is 8. The lowest BCUT2D eigenvalue weighted by Crippen LogP contribution is -2.38. The lowest BCUT2D eigenvalue weighted by molar-refractivity contribution is -0.116. The molecule has 0 aromatic heterocycles. The van der Waals surface area contributed by atoms with Gasteiger partial charge in [0.1, 0.15) is 5.75 Å². The largest absolute Gasteiger partial charge is 0.493 e. The van der Waals surface area contributed by atoms with Gasteiger partial charge in [0.15, 0.2) is 0 Å². The van der Waals surface area contributed by atoms with Crippen LogP contribution in [0.1, 0.15) is 58.4 Å². The molecule has 4 heteroatoms. The molecule has 1 aliphatic rings. The second-order valence-corrected chi connectivity index (χ2v) is 7.72. The zero-order chi connectivity index (χ0) is 19.3. The van der Waals surface area contributed by atoms with E-state index in [9.17, 15) is 4.79 Å². The number of hydrogen-bond donors (Lipinski definition) is 2. The zero-order valence-electron chi connectivity index (χ0n) is 16.6. The summed E-state index contributed by atoms with van der Waals surface area (Å²) in [6.45, 7) is 6.96. The first-order chi connectivity index (χ1) is 13.0. The van der Waals surface area contributed by atoms with E-state index in [1.54, 1.807) is 0 Å². The number of ether oxygens (including phenoxy) is 1. The Morgan fingerprint density at radius 2 is 1.74 bits per heavy atom. The third kappa shape index (κ3) is 4.51. The van der Waals surface area contributed by atoms with Gasteiger partial charge in [-0.1, -0.05) is 62.9 Å². The average molecular weight is 367 g/mol. The van der Waals surface area contributed by atoms with Crippen LogP contribution in [0.3, 0.4) is 0 Å². The molecule has 1 aliphatic heterocycles. The fraction of sp³-hybridized carbons (Fsp3) is 0.435. The van der Waals surface area contributed by atoms with Crippen LogP contribution >= 0.6 is 0 Å². The Morgan fingerprint density at radius 1 is 1.00 bits per heavy atom. The molecule has 0 saturated carbocycles. The van der Waals surface area contributed by atoms with Gasteiger partial charge in [-0.3, -0.25) is 10.2 Å². The zero-order valence-corrected chi connectivity index (χ0v) is 16.6. The molecule has 0 unspecified atom stereocenters. The predicted molar refractivity (Wildman–Crippen MR) is 112 cm³/mol. The van der Waals surface area contributed by atoms with Gasteiger partial charge in [-0.25, -0.2) is 5.43 Å². The van der Waals surface area contributed by atoms with Crippen molar-refractivity contribution in [2.24, 2.45) is 0 Å². The van der Waals surface area contributed by atoms with E-state index in [-0.39, 0.29) is 5.91 Å². The standard InChI is InChI=1S/C23H30N2O2/c1-4-5-6-7-10-15-27-21-14-13-17(18-11-8-9-12-19(18)21)16-20-22(26)24-25-23(20,2)3/h8-9,11-14,16,25H,4-7,10,15H2,1-3H3,(H,24,26)/b20-16+. The van der Waals surface area contributed by atoms with E-state index in [1.807, 2.05) is 44.2 Å². The van der Waals surface area contributed by atoms with Gasteiger partial charge in [-0.2, -0.15) is 0 Å². The summed E-state index contributed by atoms with van der Waals surface area (Å²) in [4.78, 5) is 12.2. The van der Waals surface area contributed by atoms with Crippen molar-refractivity contribution < 1.29 is 9.53 Å². The van der Waals surface area contributed by atoms with Crippen LogP contribution in [-0.2, 0) is 4.79 Å². The minimum Gasteiger partial charge on any atom is -0.493 e. The van der Waals surface area contributed by atoms with Crippen molar-refractivity contribution in [3.05, 3.63) is 47.5 Å². The van der Waals surface area contributed by atoms with E-state index in [0.717, 1.165) is 40.7 Å². The van der Waals surface area contributed by atoms with Crippen molar-refractivity contribution in [3.8, 4) is 5.75 Å². The van der Waals surface area contributed by atoms with Crippen molar-refractivity contribution in [3.63, 3.8) is 0 Å². The van der Waals surface area contributed by atoms with Crippen LogP contribution in [0.15, 0.2) is 42.0 Å². The second-order valence-electron chi connectivity index (χ2n) is 7.72. The molecule has 2 N–H and O–H groups in total. The third-order valence-electron chi connectivity index (χ3n) is 5.13. The van der Waals surface area contributed by atoms with Gasteiger partial charge in [0.05, 0.1) is 12.1 Å². The van der Waals surface area contributed by atoms with Crippen molar-refractivity contribution in [2.75, 3.05) is 6.61 Å². The fourth-order valence-electron chi connectivity index (χ4n) is 3.47. The molecule has 27 heavy (non-hydrogen) atoms. The molecule has 0 radical (unpaired) electrons. The Morgan fingerprint density at radius 3 is 2.44 bits per heavy atom. The van der Waals surface area contributed by atoms with Crippen LogP contribution in [-0.4, -0.2) is 18.1 Å². The summed E-state index contributed by atoms with van der Waals surface area (Å²) in [6, 6.07) is 12.3. The SMILES string of the molecule is CCCCCCCOc1ccc(/C=C2\C(=O)NNC2(C)C)c2ccccc12. The summed E-state index contributed by atoms with van der Waals surface area (Å²) < 4.78 is 6.07. The van der Waals surface area contributed by atoms with Gasteiger partial charge >= 0.3 is 0 Å². The van der Waals surface area contributed by atoms with E-state index in [1.165, 1.54) is 25.7 Å². The molecule has 0 bridgehead atoms. The normalized spacial score (nSPS) is 17.4. The predicted octanol–water partition coefficient (Wildman–Crippen LogP) is 4.99. The molecule has 1 amide bonds. The molecule has 144 valence electrons. The Kier molecular flexibility index (Phi) is 6.17. The second kappa shape index (κ2) is 8.57. The number of nitrogens with one attached hydrogen (secondary N) is 2. The van der Waals surface area contributed by atoms with Gasteiger partial charge < -0.3 is 4.74 Å². The lowest BCUT2D eigenvalue weighted by Gasteiger charge is -2.17. The van der Waals surface area contributed by atoms with E-state index in [2.05, 4.69) is 29.9 Å². The maximum Gasteiger partial charge on any atom is 0.263 e. The summed E-state index contributed by atoms with van der Waals surface area (Å²) in [5, 5.41) is 2.19. The van der Waals surface area contributed by atoms with Crippen LogP contribution in [0.4, 0.5) is 0 Å². The first kappa shape index (κ1) is 19.4. The van der Waals surface area contributed by atoms with E-state index < -0.39 is 5.54 Å². The molecule has 3 rings (SSSR count). The number of hydrogen-bond acceptors (Lipinski definition) is 3. The van der Waals surface area contributed by atoms with Gasteiger partial charge in [0, 0.05) is 11.0 Å². The first-order valence-corrected chi connectivity index (χ1v) is 9.97. The number of unbranched alkanes of at least 4 members (excludes halogenated alkanes) is 4. The van der Waals surface area contributed by atoms with E-state index in [4.69, 9.17) is 4.74 Å². The average Bonchev–Trinajstić information content (AvgIpc) is 2.92. The highest BCUT2D eigenvalue weighted by Crippen LogP contribution is 2.32. The highest BCUT2D eigenvalue weighted by atomic mass is 16.5. The molecule has 0 spiro atoms. The van der Waals surface area contributed by atoms with Gasteiger partial charge in [-0.05, 0) is 43.4 Å². The summed E-state index contributed by atoms with van der Waals surface area (Å²) in [5.74, 6) is 0.841. The molecular formula is C23H30N2O2. The van der Waals surface area contributed by atoms with Gasteiger partial charge in [0.2, 0.25) is 0 Å². The molecule has 0 atom stereocenters. The smallest absolute Gasteiger partial charge is 0.263 e. The summed E-state index contributed by atoms with van der Waals surface area (Å²) in [7, 11) is 0. The molecule has 1 saturated heterocycles. The Bertz CT molecular complexity index is 839. The molecule has 4 nitrogen and oxygen atoms in total. The van der Waals surface area contributed by atoms with Crippen LogP contribution in [0, 0.1) is 0 Å². The van der Waals surface area contributed by atoms with Crippen LogP contribution in [0.2, 0.25) is 0 Å². The molecule has 2 aromatic carbocycles. The maximum atomic E-state index is 12.2. The van der Waals surface area contributed by atoms with E-state index >= 15 is 0 Å². The Labute approximate surface area is 162 Å². The number of amides is 1. The van der Waals surface area contributed by atoms with Gasteiger partial charge in [0.25, 0.3) is 5.91 Å². The Hall–Kier alpha value is -2.33. The van der Waals surface area contributed by atoms with Crippen LogP contribution in [0.5, 0.6) is 5.75 Å². The fourth-order valence-corrected chi connectivity index (χ4v) is 3.47. The number of hydrazine groups is 1. The molecule has 1 heterocycles. The molecular weight excluding hydrogens is 336 g/mol. The summed E-state index contributed by atoms with van der Waals surface area (Å²) in [5.41, 5.74) is 7.11. The molecule has 0 aliphatic carbocycles. The minimum atomic E-state index is -0.397. The summed E-state index contributed by atoms with van der Waals surface area (Å²) in [6.07, 6.45) is 8.11. The number of carbonyl (C=O) groups is 1. The quantitative estimate of drug-likeness (QED) is 0.511. The third-order valence-corrected chi connectivity index (χ3v) is 5.13. The number of benzene rings is 2.